The second-order valence-corrected chi connectivity index (χ2v) is 5.81. The summed E-state index contributed by atoms with van der Waals surface area (Å²) in [5, 5.41) is 0. The van der Waals surface area contributed by atoms with E-state index in [4.69, 9.17) is 0 Å². The van der Waals surface area contributed by atoms with E-state index in [1.54, 1.807) is 6.20 Å². The first-order valence-electron chi connectivity index (χ1n) is 7.98. The predicted octanol–water partition coefficient (Wildman–Crippen LogP) is 1.95. The molecule has 0 unspecified atom stereocenters. The molecule has 1 aliphatic rings. The van der Waals surface area contributed by atoms with Crippen LogP contribution >= 0.6 is 0 Å². The maximum absolute atomic E-state index is 12.0. The number of pyridine rings is 1. The van der Waals surface area contributed by atoms with E-state index in [2.05, 4.69) is 15.0 Å². The molecule has 23 heavy (non-hydrogen) atoms. The number of carbonyl (C=O) groups excluding carboxylic acids is 1. The second kappa shape index (κ2) is 6.73. The SMILES string of the molecule is CCCC(=O)N1CC[C@@H](c2cc(=O)[nH]c(-c3ccccn3)n2)C1. The molecule has 6 nitrogen and oxygen atoms in total. The van der Waals surface area contributed by atoms with Crippen molar-refractivity contribution in [2.24, 2.45) is 0 Å². The Morgan fingerprint density at radius 1 is 1.43 bits per heavy atom. The summed E-state index contributed by atoms with van der Waals surface area (Å²) >= 11 is 0. The van der Waals surface area contributed by atoms with Gasteiger partial charge in [-0.3, -0.25) is 14.6 Å². The molecule has 6 heteroatoms. The standard InChI is InChI=1S/C17H20N4O2/c1-2-5-16(23)21-9-7-12(11-21)14-10-15(22)20-17(19-14)13-6-3-4-8-18-13/h3-4,6,8,10,12H,2,5,7,9,11H2,1H3,(H,19,20,22)/t12-/m1/s1. The van der Waals surface area contributed by atoms with E-state index >= 15 is 0 Å². The first-order valence-corrected chi connectivity index (χ1v) is 7.98. The molecule has 0 radical (unpaired) electrons. The van der Waals surface area contributed by atoms with E-state index < -0.39 is 0 Å². The van der Waals surface area contributed by atoms with Crippen molar-refractivity contribution in [1.82, 2.24) is 19.9 Å². The second-order valence-electron chi connectivity index (χ2n) is 5.81. The fraction of sp³-hybridized carbons (Fsp3) is 0.412. The van der Waals surface area contributed by atoms with Crippen LogP contribution in [-0.2, 0) is 4.79 Å². The number of rotatable bonds is 4. The maximum Gasteiger partial charge on any atom is 0.251 e. The van der Waals surface area contributed by atoms with Crippen molar-refractivity contribution in [2.75, 3.05) is 13.1 Å². The Morgan fingerprint density at radius 3 is 3.04 bits per heavy atom. The third-order valence-electron chi connectivity index (χ3n) is 4.09. The molecular weight excluding hydrogens is 292 g/mol. The van der Waals surface area contributed by atoms with E-state index in [-0.39, 0.29) is 17.4 Å². The van der Waals surface area contributed by atoms with Gasteiger partial charge < -0.3 is 9.88 Å². The fourth-order valence-corrected chi connectivity index (χ4v) is 2.91. The van der Waals surface area contributed by atoms with Gasteiger partial charge in [0.2, 0.25) is 5.91 Å². The molecule has 0 aliphatic carbocycles. The summed E-state index contributed by atoms with van der Waals surface area (Å²) < 4.78 is 0. The lowest BCUT2D eigenvalue weighted by atomic mass is 10.0. The first-order chi connectivity index (χ1) is 11.2. The van der Waals surface area contributed by atoms with Crippen LogP contribution in [0.5, 0.6) is 0 Å². The van der Waals surface area contributed by atoms with Crippen LogP contribution in [0.4, 0.5) is 0 Å². The number of hydrogen-bond donors (Lipinski definition) is 1. The van der Waals surface area contributed by atoms with Gasteiger partial charge in [-0.15, -0.1) is 0 Å². The van der Waals surface area contributed by atoms with Crippen LogP contribution in [-0.4, -0.2) is 38.8 Å². The number of amides is 1. The average Bonchev–Trinajstić information content (AvgIpc) is 3.05. The van der Waals surface area contributed by atoms with Gasteiger partial charge in [-0.1, -0.05) is 13.0 Å². The minimum Gasteiger partial charge on any atom is -0.342 e. The topological polar surface area (TPSA) is 79.0 Å². The van der Waals surface area contributed by atoms with Gasteiger partial charge in [0, 0.05) is 37.7 Å². The third-order valence-corrected chi connectivity index (χ3v) is 4.09. The summed E-state index contributed by atoms with van der Waals surface area (Å²) in [6.45, 7) is 3.37. The number of likely N-dealkylation sites (tertiary alicyclic amines) is 1. The molecule has 3 rings (SSSR count). The van der Waals surface area contributed by atoms with Gasteiger partial charge in [-0.2, -0.15) is 0 Å². The summed E-state index contributed by atoms with van der Waals surface area (Å²) in [5.74, 6) is 0.775. The van der Waals surface area contributed by atoms with Crippen LogP contribution in [0, 0.1) is 0 Å². The molecule has 2 aromatic rings. The van der Waals surface area contributed by atoms with Crippen LogP contribution in [0.1, 0.15) is 37.8 Å². The lowest BCUT2D eigenvalue weighted by Gasteiger charge is -2.16. The van der Waals surface area contributed by atoms with Gasteiger partial charge in [0.1, 0.15) is 5.69 Å². The van der Waals surface area contributed by atoms with Crippen LogP contribution in [0.3, 0.4) is 0 Å². The number of H-pyrrole nitrogens is 1. The van der Waals surface area contributed by atoms with Crippen molar-refractivity contribution in [1.29, 1.82) is 0 Å². The number of carbonyl (C=O) groups is 1. The number of aromatic nitrogens is 3. The summed E-state index contributed by atoms with van der Waals surface area (Å²) in [6.07, 6.45) is 3.94. The zero-order valence-corrected chi connectivity index (χ0v) is 13.2. The van der Waals surface area contributed by atoms with E-state index in [0.29, 0.717) is 24.5 Å². The smallest absolute Gasteiger partial charge is 0.251 e. The van der Waals surface area contributed by atoms with E-state index in [1.165, 1.54) is 6.07 Å². The first kappa shape index (κ1) is 15.4. The van der Waals surface area contributed by atoms with Gasteiger partial charge in [0.15, 0.2) is 5.82 Å². The monoisotopic (exact) mass is 312 g/mol. The van der Waals surface area contributed by atoms with Crippen molar-refractivity contribution in [3.8, 4) is 11.5 Å². The van der Waals surface area contributed by atoms with Crippen molar-refractivity contribution >= 4 is 5.91 Å². The van der Waals surface area contributed by atoms with Crippen LogP contribution in [0.15, 0.2) is 35.3 Å². The summed E-state index contributed by atoms with van der Waals surface area (Å²) in [5.41, 5.74) is 1.19. The average molecular weight is 312 g/mol. The molecule has 0 bridgehead atoms. The molecule has 1 saturated heterocycles. The number of nitrogens with zero attached hydrogens (tertiary/aromatic N) is 3. The highest BCUT2D eigenvalue weighted by molar-refractivity contribution is 5.76. The van der Waals surface area contributed by atoms with Gasteiger partial charge in [-0.25, -0.2) is 4.98 Å². The molecule has 1 aliphatic heterocycles. The quantitative estimate of drug-likeness (QED) is 0.936. The maximum atomic E-state index is 12.0. The highest BCUT2D eigenvalue weighted by Crippen LogP contribution is 2.26. The Balaban J connectivity index is 1.83. The predicted molar refractivity (Wildman–Crippen MR) is 86.9 cm³/mol. The molecule has 1 N–H and O–H groups in total. The molecule has 0 aromatic carbocycles. The van der Waals surface area contributed by atoms with E-state index in [9.17, 15) is 9.59 Å². The van der Waals surface area contributed by atoms with Gasteiger partial charge in [-0.05, 0) is 25.0 Å². The lowest BCUT2D eigenvalue weighted by Crippen LogP contribution is -2.28. The molecule has 2 aromatic heterocycles. The molecule has 1 atom stereocenters. The van der Waals surface area contributed by atoms with Crippen molar-refractivity contribution < 1.29 is 4.79 Å². The normalized spacial score (nSPS) is 17.4. The zero-order valence-electron chi connectivity index (χ0n) is 13.2. The van der Waals surface area contributed by atoms with E-state index in [1.807, 2.05) is 30.0 Å². The Labute approximate surface area is 134 Å². The Hall–Kier alpha value is -2.50. The van der Waals surface area contributed by atoms with Crippen molar-refractivity contribution in [3.63, 3.8) is 0 Å². The number of aromatic amines is 1. The van der Waals surface area contributed by atoms with Crippen molar-refractivity contribution in [2.45, 2.75) is 32.1 Å². The Morgan fingerprint density at radius 2 is 2.30 bits per heavy atom. The Bertz CT molecular complexity index is 742. The van der Waals surface area contributed by atoms with E-state index in [0.717, 1.165) is 25.1 Å². The third kappa shape index (κ3) is 3.47. The van der Waals surface area contributed by atoms with Gasteiger partial charge >= 0.3 is 0 Å². The molecule has 120 valence electrons. The van der Waals surface area contributed by atoms with Gasteiger partial charge in [0.05, 0.1) is 5.69 Å². The number of nitrogens with one attached hydrogen (secondary N) is 1. The van der Waals surface area contributed by atoms with Gasteiger partial charge in [0.25, 0.3) is 5.56 Å². The minimum atomic E-state index is -0.186. The minimum absolute atomic E-state index is 0.112. The van der Waals surface area contributed by atoms with Crippen LogP contribution < -0.4 is 5.56 Å². The molecule has 1 amide bonds. The largest absolute Gasteiger partial charge is 0.342 e. The molecule has 1 fully saturated rings. The summed E-state index contributed by atoms with van der Waals surface area (Å²) in [6, 6.07) is 7.02. The molecular formula is C17H20N4O2. The van der Waals surface area contributed by atoms with Crippen LogP contribution in [0.2, 0.25) is 0 Å². The molecule has 0 spiro atoms. The van der Waals surface area contributed by atoms with Crippen molar-refractivity contribution in [3.05, 3.63) is 46.5 Å². The molecule has 0 saturated carbocycles. The zero-order chi connectivity index (χ0) is 16.2. The molecule has 3 heterocycles. The highest BCUT2D eigenvalue weighted by atomic mass is 16.2. The lowest BCUT2D eigenvalue weighted by molar-refractivity contribution is -0.130. The van der Waals surface area contributed by atoms with Crippen LogP contribution in [0.25, 0.3) is 11.5 Å². The number of hydrogen-bond acceptors (Lipinski definition) is 4. The summed E-state index contributed by atoms with van der Waals surface area (Å²) in [7, 11) is 0. The highest BCUT2D eigenvalue weighted by Gasteiger charge is 2.28. The Kier molecular flexibility index (Phi) is 4.50. The summed E-state index contributed by atoms with van der Waals surface area (Å²) in [4.78, 5) is 37.4. The fourth-order valence-electron chi connectivity index (χ4n) is 2.91.